The van der Waals surface area contributed by atoms with Crippen LogP contribution in [-0.2, 0) is 6.54 Å². The molecule has 1 aromatic heterocycles. The van der Waals surface area contributed by atoms with E-state index >= 15 is 0 Å². The molecule has 1 heterocycles. The zero-order valence-corrected chi connectivity index (χ0v) is 14.7. The molecule has 2 aromatic rings. The Balaban J connectivity index is 1.59. The number of aromatic nitrogens is 1. The number of benzene rings is 1. The molecule has 0 spiro atoms. The molecule has 0 aliphatic heterocycles. The van der Waals surface area contributed by atoms with Crippen molar-refractivity contribution in [1.82, 2.24) is 10.3 Å². The number of urea groups is 1. The molecule has 1 saturated carbocycles. The second kappa shape index (κ2) is 8.01. The van der Waals surface area contributed by atoms with Crippen LogP contribution in [0.25, 0.3) is 0 Å². The van der Waals surface area contributed by atoms with Crippen LogP contribution in [0.2, 0.25) is 0 Å². The number of nitrogens with two attached hydrogens (primary N) is 1. The number of hydrogen-bond acceptors (Lipinski definition) is 3. The molecule has 3 rings (SSSR count). The Bertz CT molecular complexity index is 714. The molecular weight excluding hydrogens is 312 g/mol. The minimum Gasteiger partial charge on any atom is -0.382 e. The van der Waals surface area contributed by atoms with E-state index in [-0.39, 0.29) is 0 Å². The lowest BCUT2D eigenvalue weighted by molar-refractivity contribution is 0.248. The van der Waals surface area contributed by atoms with Crippen molar-refractivity contribution in [3.63, 3.8) is 0 Å². The van der Waals surface area contributed by atoms with Gasteiger partial charge in [-0.15, -0.1) is 0 Å². The topological polar surface area (TPSA) is 80.0 Å². The van der Waals surface area contributed by atoms with Gasteiger partial charge >= 0.3 is 6.03 Å². The Hall–Kier alpha value is -2.56. The molecule has 2 amide bonds. The molecule has 0 radical (unpaired) electrons. The fourth-order valence-electron chi connectivity index (χ4n) is 3.64. The zero-order valence-electron chi connectivity index (χ0n) is 14.7. The summed E-state index contributed by atoms with van der Waals surface area (Å²) >= 11 is 0. The molecule has 0 saturated heterocycles. The Kier molecular flexibility index (Phi) is 5.53. The molecule has 2 atom stereocenters. The van der Waals surface area contributed by atoms with Gasteiger partial charge in [-0.1, -0.05) is 24.6 Å². The number of hydrogen-bond donors (Lipinski definition) is 3. The van der Waals surface area contributed by atoms with Gasteiger partial charge in [0.2, 0.25) is 0 Å². The molecule has 1 aliphatic carbocycles. The number of rotatable bonds is 5. The van der Waals surface area contributed by atoms with E-state index in [2.05, 4.69) is 40.7 Å². The van der Waals surface area contributed by atoms with E-state index in [9.17, 15) is 4.79 Å². The van der Waals surface area contributed by atoms with Crippen molar-refractivity contribution >= 4 is 11.7 Å². The first-order chi connectivity index (χ1) is 12.1. The van der Waals surface area contributed by atoms with Crippen LogP contribution >= 0.6 is 0 Å². The first-order valence-electron chi connectivity index (χ1n) is 8.92. The van der Waals surface area contributed by atoms with E-state index in [1.54, 1.807) is 0 Å². The predicted octanol–water partition coefficient (Wildman–Crippen LogP) is 3.70. The Morgan fingerprint density at radius 3 is 2.76 bits per heavy atom. The molecule has 132 valence electrons. The number of pyridine rings is 1. The monoisotopic (exact) mass is 338 g/mol. The van der Waals surface area contributed by atoms with Crippen LogP contribution in [0.4, 0.5) is 10.5 Å². The highest BCUT2D eigenvalue weighted by Crippen LogP contribution is 2.34. The number of aryl methyl sites for hydroxylation is 1. The van der Waals surface area contributed by atoms with Crippen molar-refractivity contribution in [2.75, 3.05) is 5.32 Å². The van der Waals surface area contributed by atoms with Crippen LogP contribution in [0, 0.1) is 6.92 Å². The van der Waals surface area contributed by atoms with E-state index in [1.807, 2.05) is 24.4 Å². The summed E-state index contributed by atoms with van der Waals surface area (Å²) in [6.07, 6.45) is 6.64. The van der Waals surface area contributed by atoms with Crippen molar-refractivity contribution < 1.29 is 4.79 Å². The highest BCUT2D eigenvalue weighted by atomic mass is 16.2. The number of anilines is 1. The second-order valence-corrected chi connectivity index (χ2v) is 6.83. The van der Waals surface area contributed by atoms with E-state index in [1.165, 1.54) is 30.5 Å². The van der Waals surface area contributed by atoms with Gasteiger partial charge in [-0.2, -0.15) is 0 Å². The number of nitrogens with one attached hydrogen (secondary N) is 2. The molecule has 5 heteroatoms. The van der Waals surface area contributed by atoms with E-state index in [0.717, 1.165) is 17.7 Å². The predicted molar refractivity (Wildman–Crippen MR) is 100 cm³/mol. The number of carbonyl (C=O) groups is 1. The van der Waals surface area contributed by atoms with Gasteiger partial charge < -0.3 is 16.4 Å². The van der Waals surface area contributed by atoms with E-state index < -0.39 is 6.03 Å². The molecule has 1 aliphatic rings. The number of nitrogens with zero attached hydrogens (tertiary/aromatic N) is 1. The third kappa shape index (κ3) is 4.72. The van der Waals surface area contributed by atoms with E-state index in [4.69, 9.17) is 5.73 Å². The molecule has 0 bridgehead atoms. The molecule has 2 unspecified atom stereocenters. The first-order valence-corrected chi connectivity index (χ1v) is 8.92. The minimum absolute atomic E-state index is 0.458. The SMILES string of the molecule is Cc1cccnc1C1CCCC(Nc2ccc(CNC(N)=O)cc2)C1. The quantitative estimate of drug-likeness (QED) is 0.778. The van der Waals surface area contributed by atoms with Crippen LogP contribution in [0.3, 0.4) is 0 Å². The summed E-state index contributed by atoms with van der Waals surface area (Å²) in [5, 5.41) is 6.26. The Morgan fingerprint density at radius 1 is 1.24 bits per heavy atom. The maximum Gasteiger partial charge on any atom is 0.312 e. The first kappa shape index (κ1) is 17.3. The van der Waals surface area contributed by atoms with Gasteiger partial charge in [0.25, 0.3) is 0 Å². The maximum absolute atomic E-state index is 10.8. The Morgan fingerprint density at radius 2 is 2.04 bits per heavy atom. The lowest BCUT2D eigenvalue weighted by Gasteiger charge is -2.31. The van der Waals surface area contributed by atoms with Crippen LogP contribution in [0.5, 0.6) is 0 Å². The molecule has 1 aromatic carbocycles. The van der Waals surface area contributed by atoms with Gasteiger partial charge in [-0.25, -0.2) is 4.79 Å². The van der Waals surface area contributed by atoms with Gasteiger partial charge in [-0.05, 0) is 55.5 Å². The minimum atomic E-state index is -0.500. The highest BCUT2D eigenvalue weighted by Gasteiger charge is 2.25. The largest absolute Gasteiger partial charge is 0.382 e. The standard InChI is InChI=1S/C20H26N4O/c1-14-4-3-11-22-19(14)16-5-2-6-18(12-16)24-17-9-7-15(8-10-17)13-23-20(21)25/h3-4,7-11,16,18,24H,2,5-6,12-13H2,1H3,(H3,21,23,25). The second-order valence-electron chi connectivity index (χ2n) is 6.83. The molecule has 5 nitrogen and oxygen atoms in total. The third-order valence-corrected chi connectivity index (χ3v) is 4.90. The third-order valence-electron chi connectivity index (χ3n) is 4.90. The van der Waals surface area contributed by atoms with Gasteiger partial charge in [0, 0.05) is 36.1 Å². The molecule has 1 fully saturated rings. The molecular formula is C20H26N4O. The van der Waals surface area contributed by atoms with Crippen molar-refractivity contribution in [3.8, 4) is 0 Å². The summed E-state index contributed by atoms with van der Waals surface area (Å²) in [6, 6.07) is 12.3. The summed E-state index contributed by atoms with van der Waals surface area (Å²) < 4.78 is 0. The summed E-state index contributed by atoms with van der Waals surface area (Å²) in [7, 11) is 0. The lowest BCUT2D eigenvalue weighted by atomic mass is 9.82. The van der Waals surface area contributed by atoms with E-state index in [0.29, 0.717) is 18.5 Å². The average molecular weight is 338 g/mol. The van der Waals surface area contributed by atoms with Crippen molar-refractivity contribution in [2.24, 2.45) is 5.73 Å². The summed E-state index contributed by atoms with van der Waals surface area (Å²) in [6.45, 7) is 2.61. The number of primary amides is 1. The van der Waals surface area contributed by atoms with Crippen LogP contribution in [-0.4, -0.2) is 17.1 Å². The highest BCUT2D eigenvalue weighted by molar-refractivity contribution is 5.71. The average Bonchev–Trinajstić information content (AvgIpc) is 2.62. The fourth-order valence-corrected chi connectivity index (χ4v) is 3.64. The zero-order chi connectivity index (χ0) is 17.6. The van der Waals surface area contributed by atoms with Gasteiger partial charge in [0.05, 0.1) is 0 Å². The van der Waals surface area contributed by atoms with Crippen molar-refractivity contribution in [1.29, 1.82) is 0 Å². The smallest absolute Gasteiger partial charge is 0.312 e. The van der Waals surface area contributed by atoms with Crippen LogP contribution < -0.4 is 16.4 Å². The van der Waals surface area contributed by atoms with Gasteiger partial charge in [0.1, 0.15) is 0 Å². The van der Waals surface area contributed by atoms with Crippen LogP contribution in [0.1, 0.15) is 48.4 Å². The van der Waals surface area contributed by atoms with Crippen molar-refractivity contribution in [3.05, 3.63) is 59.4 Å². The normalized spacial score (nSPS) is 20.0. The molecule has 25 heavy (non-hydrogen) atoms. The maximum atomic E-state index is 10.8. The van der Waals surface area contributed by atoms with Crippen molar-refractivity contribution in [2.45, 2.75) is 51.1 Å². The van der Waals surface area contributed by atoms with Gasteiger partial charge in [0.15, 0.2) is 0 Å². The lowest BCUT2D eigenvalue weighted by Crippen LogP contribution is -2.28. The summed E-state index contributed by atoms with van der Waals surface area (Å²) in [4.78, 5) is 15.4. The number of amides is 2. The summed E-state index contributed by atoms with van der Waals surface area (Å²) in [5.74, 6) is 0.534. The fraction of sp³-hybridized carbons (Fsp3) is 0.400. The number of carbonyl (C=O) groups excluding carboxylic acids is 1. The summed E-state index contributed by atoms with van der Waals surface area (Å²) in [5.41, 5.74) is 9.79. The van der Waals surface area contributed by atoms with Gasteiger partial charge in [-0.3, -0.25) is 4.98 Å². The van der Waals surface area contributed by atoms with Crippen LogP contribution in [0.15, 0.2) is 42.6 Å². The Labute approximate surface area is 149 Å². The molecule has 4 N–H and O–H groups in total.